The molecule has 0 atom stereocenters. The number of carboxylic acids is 1. The third-order valence-corrected chi connectivity index (χ3v) is 4.31. The number of carboxylic acid groups (broad SMARTS) is 1. The number of fused-ring (bicyclic) bond motifs is 1. The largest absolute Gasteiger partial charge is 0.481 e. The number of hydrogen-bond donors (Lipinski definition) is 2. The number of rotatable bonds is 4. The minimum atomic E-state index is -0.924. The van der Waals surface area contributed by atoms with Crippen molar-refractivity contribution in [2.24, 2.45) is 7.05 Å². The standard InChI is InChI=1S/C16H19N3O4/c1-19-10-17-12-8-11(2-3-13(12)19)15(22)18-16(9-14(20)21)4-6-23-7-5-16/h2-3,8,10H,4-7,9H2,1H3,(H,18,22)(H,20,21). The second-order valence-corrected chi connectivity index (χ2v) is 5.98. The molecule has 2 N–H and O–H groups in total. The lowest BCUT2D eigenvalue weighted by Crippen LogP contribution is -2.53. The first kappa shape index (κ1) is 15.5. The van der Waals surface area contributed by atoms with E-state index in [2.05, 4.69) is 10.3 Å². The van der Waals surface area contributed by atoms with Crippen LogP contribution in [0.25, 0.3) is 11.0 Å². The van der Waals surface area contributed by atoms with Crippen LogP contribution in [0.5, 0.6) is 0 Å². The summed E-state index contributed by atoms with van der Waals surface area (Å²) in [4.78, 5) is 28.0. The van der Waals surface area contributed by atoms with Gasteiger partial charge in [-0.25, -0.2) is 4.98 Å². The molecule has 1 amide bonds. The highest BCUT2D eigenvalue weighted by Crippen LogP contribution is 2.25. The van der Waals surface area contributed by atoms with Crippen molar-refractivity contribution in [3.8, 4) is 0 Å². The van der Waals surface area contributed by atoms with Gasteiger partial charge in [0.1, 0.15) is 0 Å². The molecule has 23 heavy (non-hydrogen) atoms. The molecule has 1 aliphatic heterocycles. The van der Waals surface area contributed by atoms with Crippen molar-refractivity contribution in [3.63, 3.8) is 0 Å². The van der Waals surface area contributed by atoms with Gasteiger partial charge in [0.25, 0.3) is 5.91 Å². The molecule has 1 aromatic heterocycles. The number of aliphatic carboxylic acids is 1. The van der Waals surface area contributed by atoms with Crippen LogP contribution in [0.15, 0.2) is 24.5 Å². The molecule has 1 aliphatic rings. The highest BCUT2D eigenvalue weighted by atomic mass is 16.5. The second kappa shape index (κ2) is 6.00. The molecule has 0 unspecified atom stereocenters. The molecular weight excluding hydrogens is 298 g/mol. The van der Waals surface area contributed by atoms with Gasteiger partial charge in [-0.15, -0.1) is 0 Å². The van der Waals surface area contributed by atoms with Crippen LogP contribution >= 0.6 is 0 Å². The third kappa shape index (κ3) is 3.19. The molecule has 2 heterocycles. The van der Waals surface area contributed by atoms with Crippen molar-refractivity contribution in [3.05, 3.63) is 30.1 Å². The molecule has 0 saturated carbocycles. The molecule has 122 valence electrons. The Kier molecular flexibility index (Phi) is 4.04. The predicted molar refractivity (Wildman–Crippen MR) is 83.2 cm³/mol. The Balaban J connectivity index is 1.83. The molecule has 7 heteroatoms. The van der Waals surface area contributed by atoms with Crippen molar-refractivity contribution >= 4 is 22.9 Å². The number of carbonyl (C=O) groups excluding carboxylic acids is 1. The van der Waals surface area contributed by atoms with E-state index in [9.17, 15) is 9.59 Å². The molecular formula is C16H19N3O4. The lowest BCUT2D eigenvalue weighted by atomic mass is 9.86. The zero-order chi connectivity index (χ0) is 16.4. The van der Waals surface area contributed by atoms with Crippen molar-refractivity contribution in [2.75, 3.05) is 13.2 Å². The first-order valence-electron chi connectivity index (χ1n) is 7.52. The average molecular weight is 317 g/mol. The highest BCUT2D eigenvalue weighted by Gasteiger charge is 2.36. The van der Waals surface area contributed by atoms with Crippen LogP contribution in [0.1, 0.15) is 29.6 Å². The van der Waals surface area contributed by atoms with Crippen molar-refractivity contribution in [1.29, 1.82) is 0 Å². The number of aromatic nitrogens is 2. The summed E-state index contributed by atoms with van der Waals surface area (Å²) in [6.07, 6.45) is 2.58. The average Bonchev–Trinajstić information content (AvgIpc) is 2.88. The number of aryl methyl sites for hydroxylation is 1. The van der Waals surface area contributed by atoms with E-state index in [-0.39, 0.29) is 12.3 Å². The predicted octanol–water partition coefficient (Wildman–Crippen LogP) is 1.33. The van der Waals surface area contributed by atoms with Crippen LogP contribution in [0.3, 0.4) is 0 Å². The van der Waals surface area contributed by atoms with Crippen LogP contribution in [-0.2, 0) is 16.6 Å². The van der Waals surface area contributed by atoms with Gasteiger partial charge in [-0.1, -0.05) is 0 Å². The van der Waals surface area contributed by atoms with E-state index in [1.165, 1.54) is 0 Å². The number of ether oxygens (including phenoxy) is 1. The SMILES string of the molecule is Cn1cnc2cc(C(=O)NC3(CC(=O)O)CCOCC3)ccc21. The van der Waals surface area contributed by atoms with Crippen molar-refractivity contribution in [2.45, 2.75) is 24.8 Å². The summed E-state index contributed by atoms with van der Waals surface area (Å²) in [5, 5.41) is 12.1. The molecule has 2 aromatic rings. The van der Waals surface area contributed by atoms with Gasteiger partial charge in [0.2, 0.25) is 0 Å². The van der Waals surface area contributed by atoms with E-state index in [1.807, 2.05) is 17.7 Å². The maximum Gasteiger partial charge on any atom is 0.305 e. The van der Waals surface area contributed by atoms with Gasteiger partial charge in [0.15, 0.2) is 0 Å². The smallest absolute Gasteiger partial charge is 0.305 e. The van der Waals surface area contributed by atoms with Crippen molar-refractivity contribution < 1.29 is 19.4 Å². The maximum atomic E-state index is 12.6. The Labute approximate surface area is 133 Å². The van der Waals surface area contributed by atoms with Crippen LogP contribution in [0.2, 0.25) is 0 Å². The number of nitrogens with zero attached hydrogens (tertiary/aromatic N) is 2. The Morgan fingerprint density at radius 1 is 1.39 bits per heavy atom. The lowest BCUT2D eigenvalue weighted by molar-refractivity contribution is -0.139. The summed E-state index contributed by atoms with van der Waals surface area (Å²) in [6, 6.07) is 5.29. The third-order valence-electron chi connectivity index (χ3n) is 4.31. The van der Waals surface area contributed by atoms with Crippen LogP contribution in [-0.4, -0.2) is 45.3 Å². The molecule has 1 aromatic carbocycles. The number of hydrogen-bond acceptors (Lipinski definition) is 4. The number of benzene rings is 1. The van der Waals surface area contributed by atoms with Crippen LogP contribution < -0.4 is 5.32 Å². The summed E-state index contributed by atoms with van der Waals surface area (Å²) in [5.74, 6) is -1.20. The second-order valence-electron chi connectivity index (χ2n) is 5.98. The van der Waals surface area contributed by atoms with E-state index in [0.29, 0.717) is 31.6 Å². The lowest BCUT2D eigenvalue weighted by Gasteiger charge is -2.36. The first-order valence-corrected chi connectivity index (χ1v) is 7.52. The van der Waals surface area contributed by atoms with Gasteiger partial charge in [0.05, 0.1) is 29.3 Å². The highest BCUT2D eigenvalue weighted by molar-refractivity contribution is 5.98. The number of nitrogens with one attached hydrogen (secondary N) is 1. The molecule has 0 bridgehead atoms. The first-order chi connectivity index (χ1) is 11.0. The van der Waals surface area contributed by atoms with Gasteiger partial charge < -0.3 is 19.7 Å². The Bertz CT molecular complexity index is 747. The van der Waals surface area contributed by atoms with Crippen LogP contribution in [0.4, 0.5) is 0 Å². The molecule has 7 nitrogen and oxygen atoms in total. The maximum absolute atomic E-state index is 12.6. The summed E-state index contributed by atoms with van der Waals surface area (Å²) in [5.41, 5.74) is 1.40. The molecule has 0 radical (unpaired) electrons. The summed E-state index contributed by atoms with van der Waals surface area (Å²) in [6.45, 7) is 0.902. The normalized spacial score (nSPS) is 17.1. The fourth-order valence-corrected chi connectivity index (χ4v) is 2.99. The van der Waals surface area contributed by atoms with Gasteiger partial charge in [-0.2, -0.15) is 0 Å². The van der Waals surface area contributed by atoms with E-state index >= 15 is 0 Å². The van der Waals surface area contributed by atoms with Gasteiger partial charge in [-0.3, -0.25) is 9.59 Å². The zero-order valence-corrected chi connectivity index (χ0v) is 12.9. The minimum absolute atomic E-state index is 0.103. The minimum Gasteiger partial charge on any atom is -0.481 e. The molecule has 1 saturated heterocycles. The van der Waals surface area contributed by atoms with E-state index in [0.717, 1.165) is 11.0 Å². The zero-order valence-electron chi connectivity index (χ0n) is 12.9. The molecule has 0 spiro atoms. The fraction of sp³-hybridized carbons (Fsp3) is 0.438. The fourth-order valence-electron chi connectivity index (χ4n) is 2.99. The van der Waals surface area contributed by atoms with E-state index in [4.69, 9.17) is 9.84 Å². The Morgan fingerprint density at radius 3 is 2.83 bits per heavy atom. The molecule has 0 aliphatic carbocycles. The van der Waals surface area contributed by atoms with Gasteiger partial charge in [0, 0.05) is 25.8 Å². The number of carbonyl (C=O) groups is 2. The monoisotopic (exact) mass is 317 g/mol. The van der Waals surface area contributed by atoms with E-state index < -0.39 is 11.5 Å². The summed E-state index contributed by atoms with van der Waals surface area (Å²) >= 11 is 0. The molecule has 1 fully saturated rings. The van der Waals surface area contributed by atoms with Gasteiger partial charge in [-0.05, 0) is 31.0 Å². The topological polar surface area (TPSA) is 93.5 Å². The van der Waals surface area contributed by atoms with Crippen molar-refractivity contribution in [1.82, 2.24) is 14.9 Å². The Hall–Kier alpha value is -2.41. The van der Waals surface area contributed by atoms with Gasteiger partial charge >= 0.3 is 5.97 Å². The Morgan fingerprint density at radius 2 is 2.13 bits per heavy atom. The summed E-state index contributed by atoms with van der Waals surface area (Å²) in [7, 11) is 1.89. The van der Waals surface area contributed by atoms with Crippen LogP contribution in [0, 0.1) is 0 Å². The molecule has 3 rings (SSSR count). The quantitative estimate of drug-likeness (QED) is 0.887. The number of amides is 1. The number of imidazole rings is 1. The summed E-state index contributed by atoms with van der Waals surface area (Å²) < 4.78 is 7.17. The van der Waals surface area contributed by atoms with E-state index in [1.54, 1.807) is 18.5 Å².